The number of aliphatic hydroxyl groups is 1. The number of halogens is 1. The summed E-state index contributed by atoms with van der Waals surface area (Å²) in [5.41, 5.74) is 0.624. The van der Waals surface area contributed by atoms with E-state index in [-0.39, 0.29) is 5.82 Å². The molecular weight excluding hydrogens is 193 g/mol. The Hall–Kier alpha value is -0.930. The number of unbranched alkanes of at least 4 members (excludes halogenated alkanes) is 1. The van der Waals surface area contributed by atoms with Crippen molar-refractivity contribution in [2.75, 3.05) is 13.1 Å². The van der Waals surface area contributed by atoms with Gasteiger partial charge in [-0.15, -0.1) is 0 Å². The maximum Gasteiger partial charge on any atom is 0.123 e. The predicted molar refractivity (Wildman–Crippen MR) is 59.1 cm³/mol. The van der Waals surface area contributed by atoms with E-state index in [1.807, 2.05) is 0 Å². The van der Waals surface area contributed by atoms with E-state index in [1.165, 1.54) is 12.1 Å². The third kappa shape index (κ3) is 4.40. The molecule has 0 aliphatic heterocycles. The highest BCUT2D eigenvalue weighted by atomic mass is 19.1. The van der Waals surface area contributed by atoms with Gasteiger partial charge in [-0.2, -0.15) is 0 Å². The smallest absolute Gasteiger partial charge is 0.123 e. The lowest BCUT2D eigenvalue weighted by atomic mass is 10.1. The number of aliphatic hydroxyl groups excluding tert-OH is 1. The van der Waals surface area contributed by atoms with Crippen molar-refractivity contribution in [1.82, 2.24) is 5.32 Å². The Balaban J connectivity index is 2.36. The van der Waals surface area contributed by atoms with Crippen LogP contribution < -0.4 is 5.32 Å². The average Bonchev–Trinajstić information content (AvgIpc) is 2.24. The van der Waals surface area contributed by atoms with Crippen molar-refractivity contribution < 1.29 is 9.50 Å². The minimum Gasteiger partial charge on any atom is -0.387 e. The summed E-state index contributed by atoms with van der Waals surface area (Å²) in [7, 11) is 0. The van der Waals surface area contributed by atoms with Crippen LogP contribution in [0.15, 0.2) is 24.3 Å². The third-order valence-electron chi connectivity index (χ3n) is 2.28. The van der Waals surface area contributed by atoms with Crippen molar-refractivity contribution >= 4 is 0 Å². The quantitative estimate of drug-likeness (QED) is 0.707. The minimum atomic E-state index is -0.627. The number of hydrogen-bond donors (Lipinski definition) is 2. The molecule has 0 unspecified atom stereocenters. The molecule has 0 spiro atoms. The Morgan fingerprint density at radius 3 is 2.93 bits per heavy atom. The van der Waals surface area contributed by atoms with Gasteiger partial charge in [-0.05, 0) is 30.7 Å². The molecule has 2 N–H and O–H groups in total. The molecule has 1 atom stereocenters. The van der Waals surface area contributed by atoms with Crippen LogP contribution in [0.3, 0.4) is 0 Å². The number of rotatable bonds is 6. The second kappa shape index (κ2) is 6.53. The first kappa shape index (κ1) is 12.1. The van der Waals surface area contributed by atoms with Gasteiger partial charge in [0.15, 0.2) is 0 Å². The van der Waals surface area contributed by atoms with Gasteiger partial charge in [0.25, 0.3) is 0 Å². The standard InChI is InChI=1S/C12H18FNO/c1-2-3-7-14-9-12(15)10-5-4-6-11(13)8-10/h4-6,8,12,14-15H,2-3,7,9H2,1H3/t12-/m1/s1. The summed E-state index contributed by atoms with van der Waals surface area (Å²) in [5, 5.41) is 12.8. The first-order chi connectivity index (χ1) is 7.24. The molecule has 2 nitrogen and oxygen atoms in total. The van der Waals surface area contributed by atoms with Gasteiger partial charge in [0.1, 0.15) is 5.82 Å². The van der Waals surface area contributed by atoms with Crippen molar-refractivity contribution in [1.29, 1.82) is 0 Å². The molecule has 0 heterocycles. The molecule has 0 aromatic heterocycles. The van der Waals surface area contributed by atoms with Crippen LogP contribution in [0.1, 0.15) is 31.4 Å². The third-order valence-corrected chi connectivity index (χ3v) is 2.28. The fourth-order valence-electron chi connectivity index (χ4n) is 1.37. The number of nitrogens with one attached hydrogen (secondary N) is 1. The Kier molecular flexibility index (Phi) is 5.29. The summed E-state index contributed by atoms with van der Waals surface area (Å²) >= 11 is 0. The van der Waals surface area contributed by atoms with Crippen LogP contribution in [0.25, 0.3) is 0 Å². The van der Waals surface area contributed by atoms with Crippen LogP contribution >= 0.6 is 0 Å². The molecule has 1 aromatic rings. The van der Waals surface area contributed by atoms with Crippen LogP contribution in [-0.4, -0.2) is 18.2 Å². The van der Waals surface area contributed by atoms with Crippen LogP contribution in [0.4, 0.5) is 4.39 Å². The molecule has 84 valence electrons. The van der Waals surface area contributed by atoms with Gasteiger partial charge >= 0.3 is 0 Å². The molecule has 0 saturated carbocycles. The average molecular weight is 211 g/mol. The van der Waals surface area contributed by atoms with E-state index in [9.17, 15) is 9.50 Å². The topological polar surface area (TPSA) is 32.3 Å². The highest BCUT2D eigenvalue weighted by Gasteiger charge is 2.06. The van der Waals surface area contributed by atoms with E-state index in [2.05, 4.69) is 12.2 Å². The molecule has 0 bridgehead atoms. The highest BCUT2D eigenvalue weighted by molar-refractivity contribution is 5.18. The van der Waals surface area contributed by atoms with Gasteiger partial charge in [0.2, 0.25) is 0 Å². The molecule has 1 rings (SSSR count). The summed E-state index contributed by atoms with van der Waals surface area (Å²) < 4.78 is 12.8. The first-order valence-corrected chi connectivity index (χ1v) is 5.38. The van der Waals surface area contributed by atoms with Crippen molar-refractivity contribution in [3.63, 3.8) is 0 Å². The summed E-state index contributed by atoms with van der Waals surface area (Å²) in [6, 6.07) is 6.09. The molecule has 0 amide bonds. The van der Waals surface area contributed by atoms with E-state index in [1.54, 1.807) is 12.1 Å². The second-order valence-corrected chi connectivity index (χ2v) is 3.63. The lowest BCUT2D eigenvalue weighted by molar-refractivity contribution is 0.174. The van der Waals surface area contributed by atoms with Gasteiger partial charge < -0.3 is 10.4 Å². The monoisotopic (exact) mass is 211 g/mol. The molecule has 0 aliphatic carbocycles. The Morgan fingerprint density at radius 1 is 1.47 bits per heavy atom. The van der Waals surface area contributed by atoms with Crippen molar-refractivity contribution in [3.8, 4) is 0 Å². The maximum absolute atomic E-state index is 12.8. The normalized spacial score (nSPS) is 12.7. The fraction of sp³-hybridized carbons (Fsp3) is 0.500. The first-order valence-electron chi connectivity index (χ1n) is 5.38. The van der Waals surface area contributed by atoms with E-state index >= 15 is 0 Å². The zero-order valence-corrected chi connectivity index (χ0v) is 9.04. The lowest BCUT2D eigenvalue weighted by Gasteiger charge is -2.11. The van der Waals surface area contributed by atoms with E-state index in [4.69, 9.17) is 0 Å². The number of benzene rings is 1. The summed E-state index contributed by atoms with van der Waals surface area (Å²) in [6.07, 6.45) is 1.59. The highest BCUT2D eigenvalue weighted by Crippen LogP contribution is 2.12. The molecule has 15 heavy (non-hydrogen) atoms. The van der Waals surface area contributed by atoms with Gasteiger partial charge in [0, 0.05) is 6.54 Å². The van der Waals surface area contributed by atoms with Gasteiger partial charge in [0.05, 0.1) is 6.10 Å². The summed E-state index contributed by atoms with van der Waals surface area (Å²) in [5.74, 6) is -0.305. The van der Waals surface area contributed by atoms with Crippen LogP contribution in [0.2, 0.25) is 0 Å². The molecule has 0 radical (unpaired) electrons. The summed E-state index contributed by atoms with van der Waals surface area (Å²) in [6.45, 7) is 3.48. The predicted octanol–water partition coefficient (Wildman–Crippen LogP) is 2.25. The van der Waals surface area contributed by atoms with Crippen LogP contribution in [-0.2, 0) is 0 Å². The fourth-order valence-corrected chi connectivity index (χ4v) is 1.37. The Morgan fingerprint density at radius 2 is 2.27 bits per heavy atom. The second-order valence-electron chi connectivity index (χ2n) is 3.63. The SMILES string of the molecule is CCCCNC[C@@H](O)c1cccc(F)c1. The summed E-state index contributed by atoms with van der Waals surface area (Å²) in [4.78, 5) is 0. The molecule has 0 fully saturated rings. The molecule has 1 aromatic carbocycles. The van der Waals surface area contributed by atoms with E-state index in [0.717, 1.165) is 19.4 Å². The molecule has 0 aliphatic rings. The maximum atomic E-state index is 12.8. The van der Waals surface area contributed by atoms with Crippen molar-refractivity contribution in [3.05, 3.63) is 35.6 Å². The van der Waals surface area contributed by atoms with Gasteiger partial charge in [-0.25, -0.2) is 4.39 Å². The van der Waals surface area contributed by atoms with Crippen molar-refractivity contribution in [2.45, 2.75) is 25.9 Å². The van der Waals surface area contributed by atoms with E-state index < -0.39 is 6.10 Å². The van der Waals surface area contributed by atoms with Crippen molar-refractivity contribution in [2.24, 2.45) is 0 Å². The zero-order chi connectivity index (χ0) is 11.1. The van der Waals surface area contributed by atoms with Crippen LogP contribution in [0.5, 0.6) is 0 Å². The Bertz CT molecular complexity index is 291. The Labute approximate surface area is 90.1 Å². The van der Waals surface area contributed by atoms with Gasteiger partial charge in [-0.1, -0.05) is 25.5 Å². The number of hydrogen-bond acceptors (Lipinski definition) is 2. The molecule has 0 saturated heterocycles. The van der Waals surface area contributed by atoms with Crippen LogP contribution in [0, 0.1) is 5.82 Å². The van der Waals surface area contributed by atoms with E-state index in [0.29, 0.717) is 12.1 Å². The molecule has 3 heteroatoms. The van der Waals surface area contributed by atoms with Gasteiger partial charge in [-0.3, -0.25) is 0 Å². The molecular formula is C12H18FNO. The zero-order valence-electron chi connectivity index (χ0n) is 9.04. The minimum absolute atomic E-state index is 0.305. The lowest BCUT2D eigenvalue weighted by Crippen LogP contribution is -2.22. The largest absolute Gasteiger partial charge is 0.387 e.